The molecule has 1 aliphatic heterocycles. The van der Waals surface area contributed by atoms with Crippen LogP contribution in [0, 0.1) is 4.64 Å². The van der Waals surface area contributed by atoms with Gasteiger partial charge < -0.3 is 19.9 Å². The van der Waals surface area contributed by atoms with Gasteiger partial charge in [0.25, 0.3) is 0 Å². The second-order valence-electron chi connectivity index (χ2n) is 6.94. The molecule has 1 aromatic rings. The molecule has 0 saturated carbocycles. The second kappa shape index (κ2) is 6.24. The quantitative estimate of drug-likeness (QED) is 0.818. The molecule has 0 aromatic carbocycles. The van der Waals surface area contributed by atoms with E-state index in [4.69, 9.17) is 17.0 Å². The monoisotopic (exact) mass is 324 g/mol. The van der Waals surface area contributed by atoms with Crippen molar-refractivity contribution in [2.75, 3.05) is 18.0 Å². The van der Waals surface area contributed by atoms with Gasteiger partial charge in [-0.1, -0.05) is 12.2 Å². The summed E-state index contributed by atoms with van der Waals surface area (Å²) in [6.07, 6.45) is 4.79. The molecule has 0 radical (unpaired) electrons. The topological polar surface area (TPSA) is 70.2 Å². The number of H-pyrrole nitrogens is 1. The van der Waals surface area contributed by atoms with Crippen LogP contribution in [0.1, 0.15) is 40.5 Å². The van der Waals surface area contributed by atoms with Gasteiger partial charge in [0.05, 0.1) is 6.20 Å². The first-order valence-electron chi connectivity index (χ1n) is 7.48. The van der Waals surface area contributed by atoms with Crippen molar-refractivity contribution in [3.05, 3.63) is 17.0 Å². The van der Waals surface area contributed by atoms with Gasteiger partial charge in [-0.25, -0.2) is 9.78 Å². The fourth-order valence-corrected chi connectivity index (χ4v) is 2.52. The Bertz CT molecular complexity index is 565. The van der Waals surface area contributed by atoms with E-state index < -0.39 is 5.60 Å². The molecule has 0 aliphatic carbocycles. The fraction of sp³-hybridized carbons (Fsp3) is 0.667. The third kappa shape index (κ3) is 4.69. The van der Waals surface area contributed by atoms with E-state index in [1.165, 1.54) is 0 Å². The molecule has 1 aliphatic rings. The average molecular weight is 324 g/mol. The van der Waals surface area contributed by atoms with Gasteiger partial charge in [0.2, 0.25) is 0 Å². The third-order valence-corrected chi connectivity index (χ3v) is 3.87. The van der Waals surface area contributed by atoms with Crippen LogP contribution in [0.4, 0.5) is 10.6 Å². The molecule has 0 spiro atoms. The van der Waals surface area contributed by atoms with Crippen LogP contribution in [-0.2, 0) is 4.74 Å². The Balaban J connectivity index is 1.91. The number of anilines is 1. The van der Waals surface area contributed by atoms with Crippen LogP contribution in [0.3, 0.4) is 0 Å². The Morgan fingerprint density at radius 1 is 1.45 bits per heavy atom. The van der Waals surface area contributed by atoms with Crippen molar-refractivity contribution in [3.63, 3.8) is 0 Å². The lowest BCUT2D eigenvalue weighted by molar-refractivity contribution is 0.0448. The number of nitrogens with zero attached hydrogens (tertiary/aromatic N) is 2. The van der Waals surface area contributed by atoms with E-state index in [0.717, 1.165) is 31.7 Å². The smallest absolute Gasteiger partial charge is 0.408 e. The summed E-state index contributed by atoms with van der Waals surface area (Å²) in [5.74, 6) is 0.882. The molecule has 0 atom stereocenters. The van der Waals surface area contributed by atoms with Crippen LogP contribution in [0.5, 0.6) is 0 Å². The van der Waals surface area contributed by atoms with Gasteiger partial charge in [0.15, 0.2) is 0 Å². The van der Waals surface area contributed by atoms with E-state index in [9.17, 15) is 4.79 Å². The SMILES string of the molecule is CC1(NC(=O)OC(C)(C)C)CCN(c2c[nH]c(=S)cn2)CC1. The van der Waals surface area contributed by atoms with Crippen LogP contribution in [0.2, 0.25) is 0 Å². The number of carbonyl (C=O) groups excluding carboxylic acids is 1. The van der Waals surface area contributed by atoms with Crippen LogP contribution in [0.25, 0.3) is 0 Å². The molecule has 7 heteroatoms. The highest BCUT2D eigenvalue weighted by Crippen LogP contribution is 2.25. The summed E-state index contributed by atoms with van der Waals surface area (Å²) in [6, 6.07) is 0. The summed E-state index contributed by atoms with van der Waals surface area (Å²) in [7, 11) is 0. The van der Waals surface area contributed by atoms with E-state index in [2.05, 4.69) is 27.1 Å². The number of rotatable bonds is 2. The first-order chi connectivity index (χ1) is 10.2. The first kappa shape index (κ1) is 16.7. The number of aromatic nitrogens is 2. The number of alkyl carbamates (subject to hydrolysis) is 1. The number of hydrogen-bond donors (Lipinski definition) is 2. The zero-order valence-corrected chi connectivity index (χ0v) is 14.4. The predicted octanol–water partition coefficient (Wildman–Crippen LogP) is 3.02. The van der Waals surface area contributed by atoms with Crippen LogP contribution in [0.15, 0.2) is 12.4 Å². The normalized spacial score (nSPS) is 17.9. The number of amides is 1. The maximum Gasteiger partial charge on any atom is 0.408 e. The molecule has 2 N–H and O–H groups in total. The lowest BCUT2D eigenvalue weighted by Gasteiger charge is -2.40. The molecule has 22 heavy (non-hydrogen) atoms. The number of carbonyl (C=O) groups is 1. The van der Waals surface area contributed by atoms with Crippen molar-refractivity contribution in [2.24, 2.45) is 0 Å². The van der Waals surface area contributed by atoms with Gasteiger partial charge in [0, 0.05) is 24.8 Å². The lowest BCUT2D eigenvalue weighted by atomic mass is 9.90. The van der Waals surface area contributed by atoms with E-state index in [1.807, 2.05) is 27.0 Å². The summed E-state index contributed by atoms with van der Waals surface area (Å²) in [6.45, 7) is 9.29. The standard InChI is InChI=1S/C15H24N4O2S/c1-14(2,3)21-13(20)18-15(4)5-7-19(8-6-15)11-9-17-12(22)10-16-11/h9-10H,5-8H2,1-4H3,(H,17,22)(H,18,20). The van der Waals surface area contributed by atoms with Crippen molar-refractivity contribution in [2.45, 2.75) is 51.7 Å². The Morgan fingerprint density at radius 2 is 2.09 bits per heavy atom. The molecule has 2 rings (SSSR count). The minimum atomic E-state index is -0.479. The summed E-state index contributed by atoms with van der Waals surface area (Å²) in [4.78, 5) is 21.5. The van der Waals surface area contributed by atoms with E-state index in [1.54, 1.807) is 6.20 Å². The maximum atomic E-state index is 11.9. The highest BCUT2D eigenvalue weighted by molar-refractivity contribution is 7.71. The molecular formula is C15H24N4O2S. The number of nitrogens with one attached hydrogen (secondary N) is 2. The zero-order valence-electron chi connectivity index (χ0n) is 13.6. The molecule has 1 fully saturated rings. The molecule has 1 amide bonds. The summed E-state index contributed by atoms with van der Waals surface area (Å²) < 4.78 is 5.96. The third-order valence-electron chi connectivity index (χ3n) is 3.65. The minimum absolute atomic E-state index is 0.250. The van der Waals surface area contributed by atoms with E-state index >= 15 is 0 Å². The highest BCUT2D eigenvalue weighted by atomic mass is 32.1. The van der Waals surface area contributed by atoms with Gasteiger partial charge in [0.1, 0.15) is 16.1 Å². The van der Waals surface area contributed by atoms with Gasteiger partial charge >= 0.3 is 6.09 Å². The van der Waals surface area contributed by atoms with Crippen molar-refractivity contribution in [1.29, 1.82) is 0 Å². The Hall–Kier alpha value is -1.63. The molecule has 0 unspecified atom stereocenters. The molecule has 0 bridgehead atoms. The van der Waals surface area contributed by atoms with E-state index in [0.29, 0.717) is 4.64 Å². The highest BCUT2D eigenvalue weighted by Gasteiger charge is 2.33. The predicted molar refractivity (Wildman–Crippen MR) is 88.6 cm³/mol. The molecule has 6 nitrogen and oxygen atoms in total. The van der Waals surface area contributed by atoms with Crippen molar-refractivity contribution in [3.8, 4) is 0 Å². The maximum absolute atomic E-state index is 11.9. The van der Waals surface area contributed by atoms with Gasteiger partial charge in [-0.15, -0.1) is 0 Å². The van der Waals surface area contributed by atoms with Gasteiger partial charge in [-0.05, 0) is 40.5 Å². The zero-order chi connectivity index (χ0) is 16.4. The lowest BCUT2D eigenvalue weighted by Crippen LogP contribution is -2.54. The Morgan fingerprint density at radius 3 is 2.59 bits per heavy atom. The van der Waals surface area contributed by atoms with E-state index in [-0.39, 0.29) is 11.6 Å². The molecule has 1 saturated heterocycles. The fourth-order valence-electron chi connectivity index (χ4n) is 2.41. The van der Waals surface area contributed by atoms with Crippen molar-refractivity contribution in [1.82, 2.24) is 15.3 Å². The summed E-state index contributed by atoms with van der Waals surface area (Å²) in [5.41, 5.74) is -0.729. The van der Waals surface area contributed by atoms with Crippen LogP contribution >= 0.6 is 12.2 Å². The van der Waals surface area contributed by atoms with Crippen LogP contribution < -0.4 is 10.2 Å². The van der Waals surface area contributed by atoms with Gasteiger partial charge in [-0.3, -0.25) is 0 Å². The average Bonchev–Trinajstić information content (AvgIpc) is 2.38. The van der Waals surface area contributed by atoms with Gasteiger partial charge in [-0.2, -0.15) is 0 Å². The molecule has 1 aromatic heterocycles. The summed E-state index contributed by atoms with van der Waals surface area (Å²) in [5, 5.41) is 3.00. The minimum Gasteiger partial charge on any atom is -0.444 e. The van der Waals surface area contributed by atoms with Crippen LogP contribution in [-0.4, -0.2) is 40.3 Å². The number of piperidine rings is 1. The largest absolute Gasteiger partial charge is 0.444 e. The van der Waals surface area contributed by atoms with Crippen molar-refractivity contribution >= 4 is 24.1 Å². The Labute approximate surface area is 136 Å². The Kier molecular flexibility index (Phi) is 4.75. The number of hydrogen-bond acceptors (Lipinski definition) is 5. The molecule has 2 heterocycles. The summed E-state index contributed by atoms with van der Waals surface area (Å²) >= 11 is 5.00. The first-order valence-corrected chi connectivity index (χ1v) is 7.89. The molecular weight excluding hydrogens is 300 g/mol. The van der Waals surface area contributed by atoms with Crippen molar-refractivity contribution < 1.29 is 9.53 Å². The number of ether oxygens (including phenoxy) is 1. The molecule has 122 valence electrons. The second-order valence-corrected chi connectivity index (χ2v) is 7.38. The number of aromatic amines is 1.